The number of carbonyl (C=O) groups excluding carboxylic acids is 1. The molecule has 2 atom stereocenters. The molecule has 1 aliphatic heterocycles. The van der Waals surface area contributed by atoms with Crippen LogP contribution in [0.4, 0.5) is 0 Å². The van der Waals surface area contributed by atoms with Crippen LogP contribution in [0, 0.1) is 5.92 Å². The molecule has 17 heavy (non-hydrogen) atoms. The zero-order valence-corrected chi connectivity index (χ0v) is 10.1. The fourth-order valence-corrected chi connectivity index (χ4v) is 2.34. The Labute approximate surface area is 101 Å². The number of ether oxygens (including phenoxy) is 1. The lowest BCUT2D eigenvalue weighted by Gasteiger charge is -2.26. The van der Waals surface area contributed by atoms with Crippen molar-refractivity contribution in [1.29, 1.82) is 0 Å². The zero-order valence-electron chi connectivity index (χ0n) is 10.1. The van der Waals surface area contributed by atoms with Gasteiger partial charge in [0.2, 0.25) is 5.91 Å². The Morgan fingerprint density at radius 3 is 2.59 bits per heavy atom. The summed E-state index contributed by atoms with van der Waals surface area (Å²) in [5, 5.41) is 11.9. The summed E-state index contributed by atoms with van der Waals surface area (Å²) >= 11 is 0. The van der Waals surface area contributed by atoms with Crippen molar-refractivity contribution in [3.8, 4) is 0 Å². The first kappa shape index (κ1) is 12.4. The number of carbonyl (C=O) groups is 2. The Hall–Kier alpha value is -1.10. The second kappa shape index (κ2) is 4.64. The highest BCUT2D eigenvalue weighted by Gasteiger charge is 2.48. The maximum Gasteiger partial charge on any atom is 0.329 e. The van der Waals surface area contributed by atoms with Crippen LogP contribution in [0.15, 0.2) is 0 Å². The van der Waals surface area contributed by atoms with E-state index < -0.39 is 11.5 Å². The molecule has 0 spiro atoms. The molecule has 0 aromatic rings. The van der Waals surface area contributed by atoms with E-state index >= 15 is 0 Å². The molecule has 1 heterocycles. The number of rotatable bonds is 5. The van der Waals surface area contributed by atoms with Crippen LogP contribution in [0.2, 0.25) is 0 Å². The largest absolute Gasteiger partial charge is 0.480 e. The summed E-state index contributed by atoms with van der Waals surface area (Å²) < 4.78 is 5.37. The van der Waals surface area contributed by atoms with E-state index in [0.717, 1.165) is 25.7 Å². The van der Waals surface area contributed by atoms with Crippen molar-refractivity contribution < 1.29 is 19.4 Å². The summed E-state index contributed by atoms with van der Waals surface area (Å²) in [4.78, 5) is 23.0. The molecule has 2 aliphatic rings. The topological polar surface area (TPSA) is 75.6 Å². The number of nitrogens with one attached hydrogen (secondary N) is 1. The third-order valence-corrected chi connectivity index (χ3v) is 3.67. The number of amides is 1. The van der Waals surface area contributed by atoms with E-state index in [1.165, 1.54) is 0 Å². The molecule has 0 aromatic heterocycles. The van der Waals surface area contributed by atoms with Gasteiger partial charge in [-0.15, -0.1) is 0 Å². The molecule has 1 saturated carbocycles. The van der Waals surface area contributed by atoms with E-state index in [1.54, 1.807) is 6.92 Å². The fourth-order valence-electron chi connectivity index (χ4n) is 2.34. The summed E-state index contributed by atoms with van der Waals surface area (Å²) in [6, 6.07) is 0. The Kier molecular flexibility index (Phi) is 3.38. The van der Waals surface area contributed by atoms with Gasteiger partial charge in [0, 0.05) is 6.61 Å². The molecule has 5 nitrogen and oxygen atoms in total. The molecular formula is C12H19NO4. The van der Waals surface area contributed by atoms with E-state index in [0.29, 0.717) is 6.61 Å². The summed E-state index contributed by atoms with van der Waals surface area (Å²) in [7, 11) is 0. The van der Waals surface area contributed by atoms with E-state index in [1.807, 2.05) is 0 Å². The quantitative estimate of drug-likeness (QED) is 0.750. The summed E-state index contributed by atoms with van der Waals surface area (Å²) in [6.45, 7) is 2.30. The van der Waals surface area contributed by atoms with E-state index in [4.69, 9.17) is 4.74 Å². The minimum Gasteiger partial charge on any atom is -0.480 e. The van der Waals surface area contributed by atoms with Crippen LogP contribution in [-0.2, 0) is 14.3 Å². The Bertz CT molecular complexity index is 320. The molecular weight excluding hydrogens is 222 g/mol. The highest BCUT2D eigenvalue weighted by Crippen LogP contribution is 2.39. The summed E-state index contributed by atoms with van der Waals surface area (Å²) in [5.74, 6) is -1.08. The lowest BCUT2D eigenvalue weighted by molar-refractivity contribution is -0.148. The van der Waals surface area contributed by atoms with Crippen molar-refractivity contribution in [2.75, 3.05) is 6.61 Å². The number of aliphatic carboxylic acids is 1. The second-order valence-corrected chi connectivity index (χ2v) is 5.17. The normalized spacial score (nSPS) is 27.5. The van der Waals surface area contributed by atoms with E-state index in [2.05, 4.69) is 5.32 Å². The molecule has 0 aromatic carbocycles. The minimum absolute atomic E-state index is 0.0350. The van der Waals surface area contributed by atoms with Crippen LogP contribution in [-0.4, -0.2) is 35.2 Å². The van der Waals surface area contributed by atoms with Crippen molar-refractivity contribution in [2.24, 2.45) is 5.92 Å². The van der Waals surface area contributed by atoms with Gasteiger partial charge in [-0.2, -0.15) is 0 Å². The van der Waals surface area contributed by atoms with Gasteiger partial charge in [0.1, 0.15) is 5.54 Å². The van der Waals surface area contributed by atoms with E-state index in [9.17, 15) is 14.7 Å². The molecule has 0 bridgehead atoms. The van der Waals surface area contributed by atoms with Gasteiger partial charge in [0.15, 0.2) is 0 Å². The maximum atomic E-state index is 11.8. The van der Waals surface area contributed by atoms with Gasteiger partial charge in [-0.05, 0) is 38.5 Å². The number of hydrogen-bond donors (Lipinski definition) is 2. The Morgan fingerprint density at radius 2 is 2.12 bits per heavy atom. The van der Waals surface area contributed by atoms with Crippen molar-refractivity contribution in [2.45, 2.75) is 50.7 Å². The van der Waals surface area contributed by atoms with Gasteiger partial charge < -0.3 is 15.2 Å². The van der Waals surface area contributed by atoms with Gasteiger partial charge in [-0.3, -0.25) is 4.79 Å². The molecule has 1 aliphatic carbocycles. The first-order valence-corrected chi connectivity index (χ1v) is 6.18. The van der Waals surface area contributed by atoms with Crippen LogP contribution in [0.1, 0.15) is 39.0 Å². The molecule has 2 unspecified atom stereocenters. The predicted molar refractivity (Wildman–Crippen MR) is 60.5 cm³/mol. The van der Waals surface area contributed by atoms with Crippen molar-refractivity contribution in [1.82, 2.24) is 5.32 Å². The average molecular weight is 241 g/mol. The maximum absolute atomic E-state index is 11.8. The summed E-state index contributed by atoms with van der Waals surface area (Å²) in [5.41, 5.74) is -1.10. The molecule has 1 saturated heterocycles. The van der Waals surface area contributed by atoms with Gasteiger partial charge in [-0.1, -0.05) is 0 Å². The number of carboxylic acid groups (broad SMARTS) is 1. The lowest BCUT2D eigenvalue weighted by Crippen LogP contribution is -2.54. The molecule has 96 valence electrons. The van der Waals surface area contributed by atoms with Gasteiger partial charge >= 0.3 is 5.97 Å². The number of hydrogen-bond acceptors (Lipinski definition) is 3. The molecule has 2 rings (SSSR count). The molecule has 2 N–H and O–H groups in total. The van der Waals surface area contributed by atoms with Crippen molar-refractivity contribution in [3.63, 3.8) is 0 Å². The third kappa shape index (κ3) is 2.77. The van der Waals surface area contributed by atoms with Crippen LogP contribution in [0.5, 0.6) is 0 Å². The molecule has 0 radical (unpaired) electrons. The summed E-state index contributed by atoms with van der Waals surface area (Å²) in [6.07, 6.45) is 3.87. The SMILES string of the molecule is CC(NC(=O)CC1CCCO1)(C(=O)O)C1CC1. The highest BCUT2D eigenvalue weighted by atomic mass is 16.5. The van der Waals surface area contributed by atoms with Crippen LogP contribution in [0.25, 0.3) is 0 Å². The van der Waals surface area contributed by atoms with Gasteiger partial charge in [0.05, 0.1) is 12.5 Å². The second-order valence-electron chi connectivity index (χ2n) is 5.17. The standard InChI is InChI=1S/C12H19NO4/c1-12(11(15)16,8-4-5-8)13-10(14)7-9-3-2-6-17-9/h8-9H,2-7H2,1H3,(H,13,14)(H,15,16). The Balaban J connectivity index is 1.89. The van der Waals surface area contributed by atoms with Gasteiger partial charge in [-0.25, -0.2) is 4.79 Å². The van der Waals surface area contributed by atoms with Crippen LogP contribution < -0.4 is 5.32 Å². The van der Waals surface area contributed by atoms with Crippen LogP contribution in [0.3, 0.4) is 0 Å². The smallest absolute Gasteiger partial charge is 0.329 e. The minimum atomic E-state index is -1.10. The zero-order chi connectivity index (χ0) is 12.5. The molecule has 5 heteroatoms. The fraction of sp³-hybridized carbons (Fsp3) is 0.833. The first-order chi connectivity index (χ1) is 8.02. The van der Waals surface area contributed by atoms with Crippen LogP contribution >= 0.6 is 0 Å². The van der Waals surface area contributed by atoms with E-state index in [-0.39, 0.29) is 24.3 Å². The highest BCUT2D eigenvalue weighted by molar-refractivity contribution is 5.87. The molecule has 2 fully saturated rings. The predicted octanol–water partition coefficient (Wildman–Crippen LogP) is 0.925. The van der Waals surface area contributed by atoms with Gasteiger partial charge in [0.25, 0.3) is 0 Å². The monoisotopic (exact) mass is 241 g/mol. The Morgan fingerprint density at radius 1 is 1.41 bits per heavy atom. The first-order valence-electron chi connectivity index (χ1n) is 6.18. The lowest BCUT2D eigenvalue weighted by atomic mass is 9.95. The third-order valence-electron chi connectivity index (χ3n) is 3.67. The van der Waals surface area contributed by atoms with Crippen molar-refractivity contribution >= 4 is 11.9 Å². The average Bonchev–Trinajstić information content (AvgIpc) is 2.99. The van der Waals surface area contributed by atoms with Crippen molar-refractivity contribution in [3.05, 3.63) is 0 Å². The molecule has 1 amide bonds. The number of carboxylic acids is 1.